The summed E-state index contributed by atoms with van der Waals surface area (Å²) in [6, 6.07) is 6.66. The van der Waals surface area contributed by atoms with Crippen LogP contribution in [0.4, 0.5) is 0 Å². The first-order valence-corrected chi connectivity index (χ1v) is 9.11. The second kappa shape index (κ2) is 10.3. The number of hydrogen-bond acceptors (Lipinski definition) is 4. The molecule has 7 N–H and O–H groups in total. The molecule has 0 saturated heterocycles. The minimum atomic E-state index is -0.977. The molecule has 1 unspecified atom stereocenters. The Morgan fingerprint density at radius 3 is 2.63 bits per heavy atom. The van der Waals surface area contributed by atoms with E-state index in [1.807, 2.05) is 24.3 Å². The van der Waals surface area contributed by atoms with Crippen LogP contribution in [-0.4, -0.2) is 41.8 Å². The summed E-state index contributed by atoms with van der Waals surface area (Å²) in [5.74, 6) is -1.40. The number of fused-ring (bicyclic) bond motifs is 1. The van der Waals surface area contributed by atoms with Crippen LogP contribution >= 0.6 is 0 Å². The number of aromatic nitrogens is 1. The molecular weight excluding hydrogens is 346 g/mol. The number of nitrogens with one attached hydrogen (secondary N) is 3. The summed E-state index contributed by atoms with van der Waals surface area (Å²) in [7, 11) is 0. The van der Waals surface area contributed by atoms with Crippen molar-refractivity contribution in [3.05, 3.63) is 36.0 Å². The van der Waals surface area contributed by atoms with Crippen LogP contribution in [-0.2, 0) is 20.8 Å². The maximum atomic E-state index is 12.4. The van der Waals surface area contributed by atoms with Crippen molar-refractivity contribution in [1.82, 2.24) is 15.6 Å². The summed E-state index contributed by atoms with van der Waals surface area (Å²) in [6.07, 6.45) is 4.21. The second-order valence-electron chi connectivity index (χ2n) is 6.47. The fourth-order valence-electron chi connectivity index (χ4n) is 2.89. The van der Waals surface area contributed by atoms with E-state index in [1.54, 1.807) is 6.20 Å². The van der Waals surface area contributed by atoms with Crippen molar-refractivity contribution in [2.24, 2.45) is 11.5 Å². The Balaban J connectivity index is 1.92. The summed E-state index contributed by atoms with van der Waals surface area (Å²) < 4.78 is 0. The Kier molecular flexibility index (Phi) is 7.81. The van der Waals surface area contributed by atoms with Gasteiger partial charge in [0.2, 0.25) is 17.7 Å². The lowest BCUT2D eigenvalue weighted by Gasteiger charge is -2.17. The van der Waals surface area contributed by atoms with Crippen molar-refractivity contribution in [2.45, 2.75) is 38.1 Å². The summed E-state index contributed by atoms with van der Waals surface area (Å²) in [6.45, 7) is 1.08. The van der Waals surface area contributed by atoms with Crippen LogP contribution in [0.1, 0.15) is 31.2 Å². The van der Waals surface area contributed by atoms with Crippen LogP contribution in [0.2, 0.25) is 0 Å². The highest BCUT2D eigenvalue weighted by atomic mass is 16.2. The lowest BCUT2D eigenvalue weighted by molar-refractivity contribution is -0.130. The molecule has 27 heavy (non-hydrogen) atoms. The van der Waals surface area contributed by atoms with Gasteiger partial charge in [0.05, 0.1) is 12.8 Å². The zero-order valence-corrected chi connectivity index (χ0v) is 15.3. The zero-order chi connectivity index (χ0) is 19.6. The van der Waals surface area contributed by atoms with E-state index in [0.717, 1.165) is 35.7 Å². The van der Waals surface area contributed by atoms with E-state index < -0.39 is 17.9 Å². The Hall–Kier alpha value is -2.87. The Morgan fingerprint density at radius 1 is 1.11 bits per heavy atom. The molecule has 1 aromatic heterocycles. The third-order valence-corrected chi connectivity index (χ3v) is 4.26. The Morgan fingerprint density at radius 2 is 1.89 bits per heavy atom. The molecule has 146 valence electrons. The van der Waals surface area contributed by atoms with Gasteiger partial charge in [-0.2, -0.15) is 0 Å². The van der Waals surface area contributed by atoms with Crippen molar-refractivity contribution < 1.29 is 14.4 Å². The van der Waals surface area contributed by atoms with Crippen LogP contribution < -0.4 is 22.1 Å². The molecule has 1 atom stereocenters. The van der Waals surface area contributed by atoms with Gasteiger partial charge in [-0.3, -0.25) is 14.4 Å². The summed E-state index contributed by atoms with van der Waals surface area (Å²) in [5.41, 5.74) is 12.4. The summed E-state index contributed by atoms with van der Waals surface area (Å²) >= 11 is 0. The number of benzene rings is 1. The van der Waals surface area contributed by atoms with E-state index in [-0.39, 0.29) is 18.7 Å². The molecule has 0 saturated carbocycles. The number of amides is 3. The van der Waals surface area contributed by atoms with Gasteiger partial charge in [0.15, 0.2) is 0 Å². The van der Waals surface area contributed by atoms with Gasteiger partial charge in [-0.05, 0) is 31.0 Å². The number of primary amides is 1. The third-order valence-electron chi connectivity index (χ3n) is 4.26. The van der Waals surface area contributed by atoms with Crippen LogP contribution in [0, 0.1) is 0 Å². The average molecular weight is 373 g/mol. The van der Waals surface area contributed by atoms with Crippen LogP contribution in [0.15, 0.2) is 30.5 Å². The first-order chi connectivity index (χ1) is 13.0. The molecule has 1 heterocycles. The highest BCUT2D eigenvalue weighted by molar-refractivity contribution is 5.93. The van der Waals surface area contributed by atoms with Gasteiger partial charge in [0.25, 0.3) is 0 Å². The number of rotatable bonds is 11. The SMILES string of the molecule is NCCCCCNC(=O)C(CC(N)=O)NC(=O)Cc1c[nH]c2ccccc12. The number of hydrogen-bond donors (Lipinski definition) is 5. The monoisotopic (exact) mass is 373 g/mol. The van der Waals surface area contributed by atoms with Crippen molar-refractivity contribution in [3.8, 4) is 0 Å². The highest BCUT2D eigenvalue weighted by Crippen LogP contribution is 2.18. The number of nitrogens with two attached hydrogens (primary N) is 2. The fourth-order valence-corrected chi connectivity index (χ4v) is 2.89. The van der Waals surface area contributed by atoms with E-state index in [1.165, 1.54) is 0 Å². The average Bonchev–Trinajstić information content (AvgIpc) is 3.03. The molecule has 0 bridgehead atoms. The molecule has 0 fully saturated rings. The molecule has 0 aliphatic carbocycles. The van der Waals surface area contributed by atoms with Gasteiger partial charge in [0.1, 0.15) is 6.04 Å². The molecule has 1 aromatic carbocycles. The predicted octanol–water partition coefficient (Wildman–Crippen LogP) is 0.316. The number of aromatic amines is 1. The van der Waals surface area contributed by atoms with E-state index in [9.17, 15) is 14.4 Å². The van der Waals surface area contributed by atoms with Crippen molar-refractivity contribution in [1.29, 1.82) is 0 Å². The molecule has 3 amide bonds. The summed E-state index contributed by atoms with van der Waals surface area (Å²) in [5, 5.41) is 6.30. The normalized spacial score (nSPS) is 11.9. The van der Waals surface area contributed by atoms with E-state index in [2.05, 4.69) is 15.6 Å². The molecule has 8 heteroatoms. The highest BCUT2D eigenvalue weighted by Gasteiger charge is 2.23. The van der Waals surface area contributed by atoms with Crippen LogP contribution in [0.3, 0.4) is 0 Å². The van der Waals surface area contributed by atoms with Gasteiger partial charge >= 0.3 is 0 Å². The quantitative estimate of drug-likeness (QED) is 0.361. The van der Waals surface area contributed by atoms with Crippen molar-refractivity contribution in [3.63, 3.8) is 0 Å². The largest absolute Gasteiger partial charge is 0.370 e. The van der Waals surface area contributed by atoms with Gasteiger partial charge in [-0.15, -0.1) is 0 Å². The van der Waals surface area contributed by atoms with E-state index in [0.29, 0.717) is 13.1 Å². The van der Waals surface area contributed by atoms with Gasteiger partial charge in [-0.1, -0.05) is 24.6 Å². The topological polar surface area (TPSA) is 143 Å². The van der Waals surface area contributed by atoms with Crippen LogP contribution in [0.5, 0.6) is 0 Å². The number of unbranched alkanes of at least 4 members (excludes halogenated alkanes) is 2. The number of carbonyl (C=O) groups excluding carboxylic acids is 3. The fraction of sp³-hybridized carbons (Fsp3) is 0.421. The molecule has 2 aromatic rings. The molecule has 0 radical (unpaired) electrons. The first-order valence-electron chi connectivity index (χ1n) is 9.11. The third kappa shape index (κ3) is 6.41. The molecule has 0 aliphatic heterocycles. The Labute approximate surface area is 158 Å². The number of para-hydroxylation sites is 1. The second-order valence-corrected chi connectivity index (χ2v) is 6.47. The molecule has 0 aliphatic rings. The molecular formula is C19H27N5O3. The lowest BCUT2D eigenvalue weighted by Crippen LogP contribution is -2.49. The first kappa shape index (κ1) is 20.4. The zero-order valence-electron chi connectivity index (χ0n) is 15.3. The molecule has 8 nitrogen and oxygen atoms in total. The maximum Gasteiger partial charge on any atom is 0.243 e. The predicted molar refractivity (Wildman–Crippen MR) is 104 cm³/mol. The Bertz CT molecular complexity index is 786. The smallest absolute Gasteiger partial charge is 0.243 e. The van der Waals surface area contributed by atoms with Crippen molar-refractivity contribution in [2.75, 3.05) is 13.1 Å². The van der Waals surface area contributed by atoms with Gasteiger partial charge < -0.3 is 27.1 Å². The molecule has 0 spiro atoms. The minimum absolute atomic E-state index is 0.100. The van der Waals surface area contributed by atoms with Crippen molar-refractivity contribution >= 4 is 28.6 Å². The number of H-pyrrole nitrogens is 1. The van der Waals surface area contributed by atoms with E-state index >= 15 is 0 Å². The standard InChI is InChI=1S/C19H27N5O3/c20-8-4-1-5-9-22-19(27)16(11-17(21)25)24-18(26)10-13-12-23-15-7-3-2-6-14(13)15/h2-3,6-7,12,16,23H,1,4-5,8-11,20H2,(H2,21,25)(H,22,27)(H,24,26). The number of carbonyl (C=O) groups is 3. The van der Waals surface area contributed by atoms with Crippen LogP contribution in [0.25, 0.3) is 10.9 Å². The maximum absolute atomic E-state index is 12.4. The summed E-state index contributed by atoms with van der Waals surface area (Å²) in [4.78, 5) is 39.1. The van der Waals surface area contributed by atoms with E-state index in [4.69, 9.17) is 11.5 Å². The minimum Gasteiger partial charge on any atom is -0.370 e. The van der Waals surface area contributed by atoms with Gasteiger partial charge in [-0.25, -0.2) is 0 Å². The lowest BCUT2D eigenvalue weighted by atomic mass is 10.1. The molecule has 2 rings (SSSR count). The van der Waals surface area contributed by atoms with Gasteiger partial charge in [0, 0.05) is 23.6 Å².